The number of hydrogen-bond donors (Lipinski definition) is 3. The van der Waals surface area contributed by atoms with Gasteiger partial charge in [-0.3, -0.25) is 4.79 Å². The van der Waals surface area contributed by atoms with Crippen LogP contribution in [-0.4, -0.2) is 35.8 Å². The van der Waals surface area contributed by atoms with Crippen molar-refractivity contribution in [2.24, 2.45) is 0 Å². The molecule has 3 aromatic rings. The third-order valence-corrected chi connectivity index (χ3v) is 8.61. The van der Waals surface area contributed by atoms with E-state index in [2.05, 4.69) is 14.8 Å². The zero-order valence-corrected chi connectivity index (χ0v) is 21.9. The normalized spacial score (nSPS) is 12.7. The molecule has 36 heavy (non-hydrogen) atoms. The van der Waals surface area contributed by atoms with E-state index in [0.29, 0.717) is 6.42 Å². The van der Waals surface area contributed by atoms with Crippen LogP contribution in [0.5, 0.6) is 0 Å². The van der Waals surface area contributed by atoms with Crippen LogP contribution in [0.3, 0.4) is 0 Å². The molecule has 0 aliphatic heterocycles. The maximum Gasteiger partial charge on any atom is 0.241 e. The van der Waals surface area contributed by atoms with Gasteiger partial charge in [0.2, 0.25) is 26.0 Å². The summed E-state index contributed by atoms with van der Waals surface area (Å²) < 4.78 is 55.0. The van der Waals surface area contributed by atoms with Gasteiger partial charge in [-0.05, 0) is 55.7 Å². The topological polar surface area (TPSA) is 121 Å². The second-order valence-electron chi connectivity index (χ2n) is 8.46. The predicted octanol–water partition coefficient (Wildman–Crippen LogP) is 3.06. The second-order valence-corrected chi connectivity index (χ2v) is 11.9. The summed E-state index contributed by atoms with van der Waals surface area (Å²) >= 11 is 0. The van der Waals surface area contributed by atoms with Crippen molar-refractivity contribution in [2.45, 2.75) is 42.5 Å². The zero-order valence-electron chi connectivity index (χ0n) is 20.3. The SMILES string of the molecule is Cc1ccc(S(=O)(=O)NCCNC(=O)CCc2ccc(S(=O)(=O)N[C@H](C)c3ccccc3)cc2)cc1. The first-order chi connectivity index (χ1) is 17.1. The van der Waals surface area contributed by atoms with Gasteiger partial charge < -0.3 is 5.32 Å². The molecule has 8 nitrogen and oxygen atoms in total. The van der Waals surface area contributed by atoms with Crippen LogP contribution in [0.15, 0.2) is 88.7 Å². The average molecular weight is 530 g/mol. The second kappa shape index (κ2) is 12.3. The van der Waals surface area contributed by atoms with Gasteiger partial charge in [0, 0.05) is 25.6 Å². The highest BCUT2D eigenvalue weighted by Crippen LogP contribution is 2.17. The van der Waals surface area contributed by atoms with Gasteiger partial charge >= 0.3 is 0 Å². The van der Waals surface area contributed by atoms with Crippen LogP contribution in [-0.2, 0) is 31.3 Å². The molecule has 0 aliphatic carbocycles. The molecule has 0 aromatic heterocycles. The Labute approximate surface area is 213 Å². The van der Waals surface area contributed by atoms with Crippen LogP contribution < -0.4 is 14.8 Å². The highest BCUT2D eigenvalue weighted by Gasteiger charge is 2.18. The molecule has 3 aromatic carbocycles. The maximum absolute atomic E-state index is 12.7. The highest BCUT2D eigenvalue weighted by molar-refractivity contribution is 7.89. The van der Waals surface area contributed by atoms with E-state index in [1.807, 2.05) is 37.3 Å². The smallest absolute Gasteiger partial charge is 0.241 e. The molecule has 0 saturated heterocycles. The van der Waals surface area contributed by atoms with Crippen LogP contribution in [0, 0.1) is 6.92 Å². The molecule has 192 valence electrons. The molecule has 0 spiro atoms. The third-order valence-electron chi connectivity index (χ3n) is 5.58. The van der Waals surface area contributed by atoms with Crippen molar-refractivity contribution in [1.82, 2.24) is 14.8 Å². The molecular formula is C26H31N3O5S2. The molecule has 0 bridgehead atoms. The first-order valence-electron chi connectivity index (χ1n) is 11.6. The van der Waals surface area contributed by atoms with Gasteiger partial charge in [-0.25, -0.2) is 26.3 Å². The quantitative estimate of drug-likeness (QED) is 0.311. The fourth-order valence-electron chi connectivity index (χ4n) is 3.48. The summed E-state index contributed by atoms with van der Waals surface area (Å²) in [6.07, 6.45) is 0.620. The summed E-state index contributed by atoms with van der Waals surface area (Å²) in [6, 6.07) is 21.9. The van der Waals surface area contributed by atoms with Crippen molar-refractivity contribution in [3.63, 3.8) is 0 Å². The van der Waals surface area contributed by atoms with E-state index in [-0.39, 0.29) is 41.3 Å². The van der Waals surface area contributed by atoms with E-state index in [1.54, 1.807) is 31.2 Å². The Morgan fingerprint density at radius 2 is 1.36 bits per heavy atom. The van der Waals surface area contributed by atoms with Crippen LogP contribution in [0.4, 0.5) is 0 Å². The van der Waals surface area contributed by atoms with Gasteiger partial charge in [-0.2, -0.15) is 0 Å². The maximum atomic E-state index is 12.7. The van der Waals surface area contributed by atoms with Crippen LogP contribution in [0.2, 0.25) is 0 Å². The molecule has 3 N–H and O–H groups in total. The van der Waals surface area contributed by atoms with E-state index in [4.69, 9.17) is 0 Å². The van der Waals surface area contributed by atoms with Crippen LogP contribution in [0.25, 0.3) is 0 Å². The van der Waals surface area contributed by atoms with Gasteiger partial charge in [-0.15, -0.1) is 0 Å². The summed E-state index contributed by atoms with van der Waals surface area (Å²) in [5.41, 5.74) is 2.65. The van der Waals surface area contributed by atoms with Gasteiger partial charge in [0.15, 0.2) is 0 Å². The van der Waals surface area contributed by atoms with Crippen molar-refractivity contribution in [2.75, 3.05) is 13.1 Å². The van der Waals surface area contributed by atoms with Crippen LogP contribution in [0.1, 0.15) is 36.1 Å². The number of hydrogen-bond acceptors (Lipinski definition) is 5. The molecule has 0 fully saturated rings. The summed E-state index contributed by atoms with van der Waals surface area (Å²) in [6.45, 7) is 3.89. The Balaban J connectivity index is 1.42. The monoisotopic (exact) mass is 529 g/mol. The Hall–Kier alpha value is -3.05. The van der Waals surface area contributed by atoms with Gasteiger partial charge in [0.1, 0.15) is 0 Å². The summed E-state index contributed by atoms with van der Waals surface area (Å²) in [5, 5.41) is 2.69. The molecule has 3 rings (SSSR count). The Morgan fingerprint density at radius 3 is 2.00 bits per heavy atom. The molecule has 0 heterocycles. The number of rotatable bonds is 12. The van der Waals surface area contributed by atoms with Gasteiger partial charge in [-0.1, -0.05) is 60.2 Å². The highest BCUT2D eigenvalue weighted by atomic mass is 32.2. The molecule has 1 atom stereocenters. The van der Waals surface area contributed by atoms with Gasteiger partial charge in [0.25, 0.3) is 0 Å². The summed E-state index contributed by atoms with van der Waals surface area (Å²) in [5.74, 6) is -0.223. The lowest BCUT2D eigenvalue weighted by atomic mass is 10.1. The molecule has 1 amide bonds. The predicted molar refractivity (Wildman–Crippen MR) is 139 cm³/mol. The third kappa shape index (κ3) is 7.99. The van der Waals surface area contributed by atoms with Crippen molar-refractivity contribution in [1.29, 1.82) is 0 Å². The average Bonchev–Trinajstić information content (AvgIpc) is 2.86. The Morgan fingerprint density at radius 1 is 0.778 bits per heavy atom. The molecule has 0 aliphatic rings. The number of nitrogens with one attached hydrogen (secondary N) is 3. The molecule has 0 saturated carbocycles. The molecular weight excluding hydrogens is 498 g/mol. The number of aryl methyl sites for hydroxylation is 2. The first kappa shape index (κ1) is 27.5. The van der Waals surface area contributed by atoms with E-state index in [1.165, 1.54) is 24.3 Å². The lowest BCUT2D eigenvalue weighted by Crippen LogP contribution is -2.34. The van der Waals surface area contributed by atoms with E-state index in [9.17, 15) is 21.6 Å². The standard InChI is InChI=1S/C26H31N3O5S2/c1-20-8-13-24(14-9-20)35(31,32)28-19-18-27-26(30)17-12-22-10-15-25(16-11-22)36(33,34)29-21(2)23-6-4-3-5-7-23/h3-11,13-16,21,28-29H,12,17-19H2,1-2H3,(H,27,30)/t21-/m1/s1. The Bertz CT molecular complexity index is 1360. The van der Waals surface area contributed by atoms with Crippen molar-refractivity contribution in [3.8, 4) is 0 Å². The summed E-state index contributed by atoms with van der Waals surface area (Å²) in [4.78, 5) is 12.5. The van der Waals surface area contributed by atoms with Crippen molar-refractivity contribution in [3.05, 3.63) is 95.6 Å². The number of carbonyl (C=O) groups excluding carboxylic acids is 1. The first-order valence-corrected chi connectivity index (χ1v) is 14.5. The minimum Gasteiger partial charge on any atom is -0.355 e. The van der Waals surface area contributed by atoms with E-state index < -0.39 is 20.0 Å². The molecule has 10 heteroatoms. The van der Waals surface area contributed by atoms with Crippen molar-refractivity contribution >= 4 is 26.0 Å². The number of amides is 1. The molecule has 0 radical (unpaired) electrons. The largest absolute Gasteiger partial charge is 0.355 e. The van der Waals surface area contributed by atoms with E-state index >= 15 is 0 Å². The van der Waals surface area contributed by atoms with E-state index in [0.717, 1.165) is 16.7 Å². The summed E-state index contributed by atoms with van der Waals surface area (Å²) in [7, 11) is -7.32. The number of benzene rings is 3. The zero-order chi connectivity index (χ0) is 26.2. The number of sulfonamides is 2. The fourth-order valence-corrected chi connectivity index (χ4v) is 5.74. The minimum absolute atomic E-state index is 0.0723. The lowest BCUT2D eigenvalue weighted by molar-refractivity contribution is -0.121. The van der Waals surface area contributed by atoms with Crippen LogP contribution >= 0.6 is 0 Å². The fraction of sp³-hybridized carbons (Fsp3) is 0.269. The lowest BCUT2D eigenvalue weighted by Gasteiger charge is -2.15. The van der Waals surface area contributed by atoms with Gasteiger partial charge in [0.05, 0.1) is 9.79 Å². The van der Waals surface area contributed by atoms with Crippen molar-refractivity contribution < 1.29 is 21.6 Å². The molecule has 0 unspecified atom stereocenters. The Kier molecular flexibility index (Phi) is 9.38. The number of carbonyl (C=O) groups is 1. The minimum atomic E-state index is -3.69.